The number of halogens is 2. The van der Waals surface area contributed by atoms with Gasteiger partial charge in [0.05, 0.1) is 5.69 Å². The van der Waals surface area contributed by atoms with Gasteiger partial charge in [-0.25, -0.2) is 8.78 Å². The maximum absolute atomic E-state index is 13.7. The van der Waals surface area contributed by atoms with Crippen molar-refractivity contribution in [3.63, 3.8) is 0 Å². The van der Waals surface area contributed by atoms with Crippen LogP contribution in [0.1, 0.15) is 0 Å². The van der Waals surface area contributed by atoms with E-state index < -0.39 is 11.6 Å². The molecule has 1 saturated heterocycles. The fraction of sp³-hybridized carbons (Fsp3) is 0.235. The quantitative estimate of drug-likeness (QED) is 0.815. The van der Waals surface area contributed by atoms with Crippen molar-refractivity contribution in [3.05, 3.63) is 54.1 Å². The van der Waals surface area contributed by atoms with Crippen molar-refractivity contribution in [1.29, 1.82) is 0 Å². The summed E-state index contributed by atoms with van der Waals surface area (Å²) in [4.78, 5) is 4.09. The molecule has 0 unspecified atom stereocenters. The van der Waals surface area contributed by atoms with E-state index in [-0.39, 0.29) is 11.4 Å². The Morgan fingerprint density at radius 2 is 1.79 bits per heavy atom. The van der Waals surface area contributed by atoms with Crippen LogP contribution in [0.15, 0.2) is 42.5 Å². The Morgan fingerprint density at radius 3 is 2.46 bits per heavy atom. The normalized spacial score (nSPS) is 14.6. The summed E-state index contributed by atoms with van der Waals surface area (Å²) in [7, 11) is 0. The largest absolute Gasteiger partial charge is 0.508 e. The summed E-state index contributed by atoms with van der Waals surface area (Å²) in [5, 5.41) is 12.8. The Morgan fingerprint density at radius 1 is 1.04 bits per heavy atom. The summed E-state index contributed by atoms with van der Waals surface area (Å²) in [6.45, 7) is 2.81. The van der Waals surface area contributed by atoms with E-state index in [4.69, 9.17) is 12.2 Å². The van der Waals surface area contributed by atoms with Crippen molar-refractivity contribution in [3.8, 4) is 5.75 Å². The lowest BCUT2D eigenvalue weighted by Crippen LogP contribution is -2.50. The van der Waals surface area contributed by atoms with Crippen LogP contribution in [-0.2, 0) is 0 Å². The topological polar surface area (TPSA) is 38.7 Å². The molecule has 0 amide bonds. The second-order valence-corrected chi connectivity index (χ2v) is 5.93. The number of benzene rings is 2. The van der Waals surface area contributed by atoms with Crippen LogP contribution in [0.4, 0.5) is 20.2 Å². The molecule has 0 radical (unpaired) electrons. The molecule has 3 rings (SSSR count). The molecular formula is C17H17F2N3OS. The van der Waals surface area contributed by atoms with E-state index in [2.05, 4.69) is 10.2 Å². The number of thiocarbonyl (C=S) groups is 1. The van der Waals surface area contributed by atoms with Gasteiger partial charge in [0.1, 0.15) is 17.4 Å². The minimum absolute atomic E-state index is 0.164. The predicted molar refractivity (Wildman–Crippen MR) is 94.5 cm³/mol. The number of hydrogen-bond acceptors (Lipinski definition) is 3. The first-order valence-electron chi connectivity index (χ1n) is 7.58. The van der Waals surface area contributed by atoms with Gasteiger partial charge in [0.2, 0.25) is 0 Å². The summed E-state index contributed by atoms with van der Waals surface area (Å²) >= 11 is 5.32. The van der Waals surface area contributed by atoms with Gasteiger partial charge >= 0.3 is 0 Å². The van der Waals surface area contributed by atoms with E-state index in [1.807, 2.05) is 11.0 Å². The molecule has 0 spiro atoms. The van der Waals surface area contributed by atoms with Gasteiger partial charge in [-0.05, 0) is 36.5 Å². The van der Waals surface area contributed by atoms with Crippen molar-refractivity contribution in [2.45, 2.75) is 0 Å². The van der Waals surface area contributed by atoms with Gasteiger partial charge in [0, 0.05) is 44.0 Å². The lowest BCUT2D eigenvalue weighted by Gasteiger charge is -2.37. The Balaban J connectivity index is 1.59. The van der Waals surface area contributed by atoms with Gasteiger partial charge in [0.15, 0.2) is 5.11 Å². The van der Waals surface area contributed by atoms with Crippen molar-refractivity contribution >= 4 is 28.7 Å². The van der Waals surface area contributed by atoms with E-state index in [1.54, 1.807) is 18.2 Å². The summed E-state index contributed by atoms with van der Waals surface area (Å²) in [6.07, 6.45) is 0. The Hall–Kier alpha value is -2.41. The highest BCUT2D eigenvalue weighted by Gasteiger charge is 2.20. The van der Waals surface area contributed by atoms with E-state index in [0.717, 1.165) is 24.8 Å². The number of hydrogen-bond donors (Lipinski definition) is 2. The predicted octanol–water partition coefficient (Wildman–Crippen LogP) is 3.19. The lowest BCUT2D eigenvalue weighted by atomic mass is 10.2. The molecule has 1 fully saturated rings. The first-order chi connectivity index (χ1) is 11.5. The smallest absolute Gasteiger partial charge is 0.173 e. The fourth-order valence-electron chi connectivity index (χ4n) is 2.64. The average Bonchev–Trinajstić information content (AvgIpc) is 2.57. The van der Waals surface area contributed by atoms with E-state index in [9.17, 15) is 13.9 Å². The first-order valence-corrected chi connectivity index (χ1v) is 7.99. The average molecular weight is 349 g/mol. The second-order valence-electron chi connectivity index (χ2n) is 5.55. The van der Waals surface area contributed by atoms with Crippen LogP contribution < -0.4 is 10.2 Å². The zero-order valence-electron chi connectivity index (χ0n) is 12.9. The van der Waals surface area contributed by atoms with Gasteiger partial charge in [-0.15, -0.1) is 0 Å². The van der Waals surface area contributed by atoms with E-state index in [0.29, 0.717) is 18.2 Å². The van der Waals surface area contributed by atoms with Crippen LogP contribution in [-0.4, -0.2) is 41.3 Å². The Labute approximate surface area is 144 Å². The number of piperazine rings is 1. The second kappa shape index (κ2) is 7.00. The summed E-state index contributed by atoms with van der Waals surface area (Å²) in [6, 6.07) is 10.5. The monoisotopic (exact) mass is 349 g/mol. The third kappa shape index (κ3) is 3.73. The number of phenols is 1. The highest BCUT2D eigenvalue weighted by atomic mass is 32.1. The molecule has 1 aliphatic rings. The third-order valence-corrected chi connectivity index (χ3v) is 4.29. The molecule has 7 heteroatoms. The standard InChI is InChI=1S/C17H17F2N3OS/c18-12-4-5-16(15(19)10-12)20-17(24)22-8-6-21(7-9-22)13-2-1-3-14(23)11-13/h1-5,10-11,23H,6-9H2,(H,20,24). The van der Waals surface area contributed by atoms with Crippen LogP contribution in [0, 0.1) is 11.6 Å². The summed E-state index contributed by atoms with van der Waals surface area (Å²) < 4.78 is 26.6. The van der Waals surface area contributed by atoms with Gasteiger partial charge in [-0.1, -0.05) is 6.07 Å². The van der Waals surface area contributed by atoms with Crippen molar-refractivity contribution < 1.29 is 13.9 Å². The number of rotatable bonds is 2. The molecule has 2 aromatic rings. The molecule has 2 aromatic carbocycles. The van der Waals surface area contributed by atoms with Crippen molar-refractivity contribution in [2.75, 3.05) is 36.4 Å². The number of phenolic OH excluding ortho intramolecular Hbond substituents is 1. The van der Waals surface area contributed by atoms with Gasteiger partial charge < -0.3 is 20.2 Å². The van der Waals surface area contributed by atoms with E-state index in [1.165, 1.54) is 12.1 Å². The number of aromatic hydroxyl groups is 1. The molecule has 0 atom stereocenters. The molecule has 1 aliphatic heterocycles. The maximum Gasteiger partial charge on any atom is 0.173 e. The minimum Gasteiger partial charge on any atom is -0.508 e. The number of nitrogens with one attached hydrogen (secondary N) is 1. The molecular weight excluding hydrogens is 332 g/mol. The van der Waals surface area contributed by atoms with Gasteiger partial charge in [0.25, 0.3) is 0 Å². The maximum atomic E-state index is 13.7. The van der Waals surface area contributed by atoms with Gasteiger partial charge in [-0.3, -0.25) is 0 Å². The summed E-state index contributed by atoms with van der Waals surface area (Å²) in [5.41, 5.74) is 1.12. The lowest BCUT2D eigenvalue weighted by molar-refractivity contribution is 0.390. The molecule has 0 aliphatic carbocycles. The molecule has 2 N–H and O–H groups in total. The Kier molecular flexibility index (Phi) is 4.80. The van der Waals surface area contributed by atoms with E-state index >= 15 is 0 Å². The third-order valence-electron chi connectivity index (χ3n) is 3.93. The first kappa shape index (κ1) is 16.4. The molecule has 126 valence electrons. The van der Waals surface area contributed by atoms with Crippen molar-refractivity contribution in [1.82, 2.24) is 4.90 Å². The zero-order valence-corrected chi connectivity index (χ0v) is 13.7. The number of anilines is 2. The zero-order chi connectivity index (χ0) is 17.1. The van der Waals surface area contributed by atoms with Crippen LogP contribution in [0.5, 0.6) is 5.75 Å². The minimum atomic E-state index is -0.671. The molecule has 0 aromatic heterocycles. The van der Waals surface area contributed by atoms with Crippen LogP contribution in [0.2, 0.25) is 0 Å². The highest BCUT2D eigenvalue weighted by molar-refractivity contribution is 7.80. The van der Waals surface area contributed by atoms with Crippen molar-refractivity contribution in [2.24, 2.45) is 0 Å². The van der Waals surface area contributed by atoms with Crippen LogP contribution >= 0.6 is 12.2 Å². The molecule has 0 bridgehead atoms. The SMILES string of the molecule is Oc1cccc(N2CCN(C(=S)Nc3ccc(F)cc3F)CC2)c1. The fourth-order valence-corrected chi connectivity index (χ4v) is 2.94. The molecule has 24 heavy (non-hydrogen) atoms. The number of nitrogens with zero attached hydrogens (tertiary/aromatic N) is 2. The molecule has 1 heterocycles. The molecule has 4 nitrogen and oxygen atoms in total. The summed E-state index contributed by atoms with van der Waals surface area (Å²) in [5.74, 6) is -1.06. The Bertz CT molecular complexity index is 748. The van der Waals surface area contributed by atoms with Crippen LogP contribution in [0.25, 0.3) is 0 Å². The molecule has 0 saturated carbocycles. The highest BCUT2D eigenvalue weighted by Crippen LogP contribution is 2.22. The van der Waals surface area contributed by atoms with Gasteiger partial charge in [-0.2, -0.15) is 0 Å². The van der Waals surface area contributed by atoms with Crippen LogP contribution in [0.3, 0.4) is 0 Å².